The van der Waals surface area contributed by atoms with Gasteiger partial charge in [-0.05, 0) is 85.3 Å². The lowest BCUT2D eigenvalue weighted by Gasteiger charge is -2.49. The first-order valence-corrected chi connectivity index (χ1v) is 10.2. The maximum absolute atomic E-state index is 12.0. The molecule has 3 heteroatoms. The molecule has 0 aromatic heterocycles. The van der Waals surface area contributed by atoms with E-state index in [1.807, 2.05) is 6.92 Å². The summed E-state index contributed by atoms with van der Waals surface area (Å²) in [6, 6.07) is 6.57. The first kappa shape index (κ1) is 17.8. The molecule has 1 N–H and O–H groups in total. The summed E-state index contributed by atoms with van der Waals surface area (Å²) in [5.74, 6) is 1.87. The van der Waals surface area contributed by atoms with Crippen molar-refractivity contribution >= 4 is 5.97 Å². The molecule has 140 valence electrons. The average Bonchev–Trinajstić information content (AvgIpc) is 2.97. The number of aliphatic hydroxyl groups excluding tert-OH is 1. The molecule has 0 heterocycles. The van der Waals surface area contributed by atoms with E-state index in [9.17, 15) is 9.90 Å². The summed E-state index contributed by atoms with van der Waals surface area (Å²) in [5.41, 5.74) is 5.48. The van der Waals surface area contributed by atoms with Crippen LogP contribution in [-0.4, -0.2) is 17.7 Å². The van der Waals surface area contributed by atoms with Gasteiger partial charge in [-0.15, -0.1) is 0 Å². The number of aliphatic hydroxyl groups is 1. The third kappa shape index (κ3) is 2.81. The smallest absolute Gasteiger partial charge is 0.330 e. The Bertz CT molecular complexity index is 735. The van der Waals surface area contributed by atoms with Crippen LogP contribution in [0.25, 0.3) is 0 Å². The van der Waals surface area contributed by atoms with E-state index < -0.39 is 0 Å². The Morgan fingerprint density at radius 1 is 1.31 bits per heavy atom. The fourth-order valence-corrected chi connectivity index (χ4v) is 6.15. The summed E-state index contributed by atoms with van der Waals surface area (Å²) >= 11 is 0. The van der Waals surface area contributed by atoms with Gasteiger partial charge in [0.1, 0.15) is 0 Å². The first-order valence-electron chi connectivity index (χ1n) is 10.2. The Hall–Kier alpha value is -1.61. The van der Waals surface area contributed by atoms with E-state index in [0.717, 1.165) is 24.8 Å². The molecule has 2 saturated carbocycles. The van der Waals surface area contributed by atoms with Crippen molar-refractivity contribution in [2.75, 3.05) is 6.61 Å². The number of esters is 1. The third-order valence-electron chi connectivity index (χ3n) is 7.40. The summed E-state index contributed by atoms with van der Waals surface area (Å²) in [6.45, 7) is 4.82. The number of aryl methyl sites for hydroxylation is 1. The van der Waals surface area contributed by atoms with E-state index in [-0.39, 0.29) is 18.0 Å². The van der Waals surface area contributed by atoms with Crippen LogP contribution in [0.2, 0.25) is 0 Å². The zero-order valence-electron chi connectivity index (χ0n) is 16.0. The molecule has 0 bridgehead atoms. The molecule has 3 nitrogen and oxygen atoms in total. The highest BCUT2D eigenvalue weighted by Gasteiger charge is 2.52. The maximum atomic E-state index is 12.0. The van der Waals surface area contributed by atoms with Crippen LogP contribution < -0.4 is 0 Å². The van der Waals surface area contributed by atoms with Gasteiger partial charge < -0.3 is 9.84 Å². The minimum atomic E-state index is -0.169. The van der Waals surface area contributed by atoms with E-state index in [4.69, 9.17) is 4.74 Å². The van der Waals surface area contributed by atoms with Gasteiger partial charge in [0.25, 0.3) is 0 Å². The Kier molecular flexibility index (Phi) is 4.68. The molecular formula is C23H30O3. The fourth-order valence-electron chi connectivity index (χ4n) is 6.15. The number of hydrogen-bond acceptors (Lipinski definition) is 3. The van der Waals surface area contributed by atoms with Crippen molar-refractivity contribution < 1.29 is 14.6 Å². The van der Waals surface area contributed by atoms with Gasteiger partial charge in [-0.25, -0.2) is 4.79 Å². The van der Waals surface area contributed by atoms with E-state index in [2.05, 4.69) is 25.1 Å². The molecule has 0 spiro atoms. The monoisotopic (exact) mass is 354 g/mol. The Labute approximate surface area is 156 Å². The number of rotatable bonds is 3. The van der Waals surface area contributed by atoms with Gasteiger partial charge in [-0.3, -0.25) is 0 Å². The summed E-state index contributed by atoms with van der Waals surface area (Å²) < 4.78 is 5.17. The molecule has 2 fully saturated rings. The number of hydrogen-bond donors (Lipinski definition) is 1. The predicted octanol–water partition coefficient (Wildman–Crippen LogP) is 4.52. The largest absolute Gasteiger partial charge is 0.463 e. The molecule has 0 saturated heterocycles. The van der Waals surface area contributed by atoms with E-state index >= 15 is 0 Å². The van der Waals surface area contributed by atoms with Crippen LogP contribution >= 0.6 is 0 Å². The van der Waals surface area contributed by atoms with Crippen LogP contribution in [0.15, 0.2) is 29.8 Å². The molecule has 0 aliphatic heterocycles. The Morgan fingerprint density at radius 2 is 2.15 bits per heavy atom. The molecule has 1 aromatic rings. The topological polar surface area (TPSA) is 46.5 Å². The lowest BCUT2D eigenvalue weighted by Crippen LogP contribution is -2.40. The van der Waals surface area contributed by atoms with Crippen molar-refractivity contribution in [1.82, 2.24) is 0 Å². The standard InChI is InChI=1S/C23H30O3/c1-3-26-22(25)13-17-6-9-21-20-8-5-16-12-15(14-24)4-7-18(16)19(20)10-11-23(17,21)2/h4,7,12-13,19-21,24H,3,5-6,8-11,14H2,1-2H3/b17-13+. The normalized spacial score (nSPS) is 34.1. The zero-order chi connectivity index (χ0) is 18.3. The maximum Gasteiger partial charge on any atom is 0.330 e. The number of carbonyl (C=O) groups excluding carboxylic acids is 1. The summed E-state index contributed by atoms with van der Waals surface area (Å²) in [5, 5.41) is 9.42. The number of benzene rings is 1. The molecule has 0 radical (unpaired) electrons. The average molecular weight is 354 g/mol. The molecular weight excluding hydrogens is 324 g/mol. The molecule has 0 amide bonds. The Balaban J connectivity index is 1.61. The van der Waals surface area contributed by atoms with Crippen LogP contribution in [0.4, 0.5) is 0 Å². The Morgan fingerprint density at radius 3 is 2.92 bits per heavy atom. The molecule has 4 rings (SSSR count). The van der Waals surface area contributed by atoms with E-state index in [1.165, 1.54) is 36.0 Å². The van der Waals surface area contributed by atoms with Gasteiger partial charge in [-0.1, -0.05) is 30.7 Å². The summed E-state index contributed by atoms with van der Waals surface area (Å²) in [7, 11) is 0. The van der Waals surface area contributed by atoms with Gasteiger partial charge in [0, 0.05) is 6.08 Å². The highest BCUT2D eigenvalue weighted by Crippen LogP contribution is 2.62. The van der Waals surface area contributed by atoms with Crippen molar-refractivity contribution in [1.29, 1.82) is 0 Å². The third-order valence-corrected chi connectivity index (χ3v) is 7.40. The van der Waals surface area contributed by atoms with Crippen LogP contribution in [-0.2, 0) is 22.6 Å². The van der Waals surface area contributed by atoms with Gasteiger partial charge in [0.2, 0.25) is 0 Å². The SMILES string of the molecule is CCOC(=O)/C=C1\CCC2C3CCc4cc(CO)ccc4C3CCC12C. The second-order valence-corrected chi connectivity index (χ2v) is 8.52. The lowest BCUT2D eigenvalue weighted by molar-refractivity contribution is -0.137. The molecule has 26 heavy (non-hydrogen) atoms. The molecule has 3 aliphatic carbocycles. The molecule has 3 aliphatic rings. The molecule has 1 aromatic carbocycles. The van der Waals surface area contributed by atoms with Crippen molar-refractivity contribution in [2.24, 2.45) is 17.3 Å². The first-order chi connectivity index (χ1) is 12.6. The van der Waals surface area contributed by atoms with Gasteiger partial charge in [0.05, 0.1) is 13.2 Å². The van der Waals surface area contributed by atoms with Crippen molar-refractivity contribution in [3.8, 4) is 0 Å². The number of fused-ring (bicyclic) bond motifs is 5. The van der Waals surface area contributed by atoms with Gasteiger partial charge in [-0.2, -0.15) is 0 Å². The minimum Gasteiger partial charge on any atom is -0.463 e. The lowest BCUT2D eigenvalue weighted by atomic mass is 9.55. The van der Waals surface area contributed by atoms with E-state index in [0.29, 0.717) is 24.4 Å². The van der Waals surface area contributed by atoms with Crippen molar-refractivity contribution in [2.45, 2.75) is 64.9 Å². The second-order valence-electron chi connectivity index (χ2n) is 8.52. The van der Waals surface area contributed by atoms with Crippen LogP contribution in [0, 0.1) is 17.3 Å². The number of ether oxygens (including phenoxy) is 1. The highest BCUT2D eigenvalue weighted by molar-refractivity contribution is 5.83. The van der Waals surface area contributed by atoms with Crippen molar-refractivity contribution in [3.05, 3.63) is 46.5 Å². The number of carbonyl (C=O) groups is 1. The highest BCUT2D eigenvalue weighted by atomic mass is 16.5. The van der Waals surface area contributed by atoms with Gasteiger partial charge in [0.15, 0.2) is 0 Å². The van der Waals surface area contributed by atoms with Crippen LogP contribution in [0.1, 0.15) is 68.6 Å². The van der Waals surface area contributed by atoms with Crippen molar-refractivity contribution in [3.63, 3.8) is 0 Å². The zero-order valence-corrected chi connectivity index (χ0v) is 16.0. The van der Waals surface area contributed by atoms with Gasteiger partial charge >= 0.3 is 5.97 Å². The van der Waals surface area contributed by atoms with Crippen LogP contribution in [0.5, 0.6) is 0 Å². The van der Waals surface area contributed by atoms with E-state index in [1.54, 1.807) is 6.08 Å². The summed E-state index contributed by atoms with van der Waals surface area (Å²) in [6.07, 6.45) is 8.75. The van der Waals surface area contributed by atoms with Crippen LogP contribution in [0.3, 0.4) is 0 Å². The number of allylic oxidation sites excluding steroid dienone is 1. The minimum absolute atomic E-state index is 0.129. The molecule has 4 unspecified atom stereocenters. The predicted molar refractivity (Wildman–Crippen MR) is 102 cm³/mol. The molecule has 4 atom stereocenters. The summed E-state index contributed by atoms with van der Waals surface area (Å²) in [4.78, 5) is 12.0. The fraction of sp³-hybridized carbons (Fsp3) is 0.609. The second kappa shape index (κ2) is 6.84. The quantitative estimate of drug-likeness (QED) is 0.641.